The fraction of sp³-hybridized carbons (Fsp3) is 0.500. The Morgan fingerprint density at radius 3 is 2.73 bits per heavy atom. The molecule has 0 spiro atoms. The minimum absolute atomic E-state index is 0.140. The van der Waals surface area contributed by atoms with E-state index >= 15 is 0 Å². The van der Waals surface area contributed by atoms with Crippen molar-refractivity contribution in [2.45, 2.75) is 26.3 Å². The summed E-state index contributed by atoms with van der Waals surface area (Å²) in [6.07, 6.45) is 4.96. The van der Waals surface area contributed by atoms with E-state index in [0.717, 1.165) is 0 Å². The molecular formula is C8H11NO2. The van der Waals surface area contributed by atoms with E-state index in [0.29, 0.717) is 6.42 Å². The van der Waals surface area contributed by atoms with E-state index in [2.05, 4.69) is 4.99 Å². The molecule has 0 bridgehead atoms. The molecule has 1 unspecified atom stereocenters. The Kier molecular flexibility index (Phi) is 4.95. The second-order valence-electron chi connectivity index (χ2n) is 2.05. The second-order valence-corrected chi connectivity index (χ2v) is 2.05. The number of ketones is 1. The van der Waals surface area contributed by atoms with Crippen LogP contribution in [0.2, 0.25) is 0 Å². The minimum atomic E-state index is -0.538. The fourth-order valence-electron chi connectivity index (χ4n) is 0.695. The molecule has 0 amide bonds. The fourth-order valence-corrected chi connectivity index (χ4v) is 0.695. The first kappa shape index (κ1) is 9.79. The molecule has 0 radical (unpaired) electrons. The highest BCUT2D eigenvalue weighted by Gasteiger charge is 2.10. The highest BCUT2D eigenvalue weighted by molar-refractivity contribution is 5.94. The maximum atomic E-state index is 11.0. The van der Waals surface area contributed by atoms with Crippen LogP contribution >= 0.6 is 0 Å². The van der Waals surface area contributed by atoms with Gasteiger partial charge in [0.15, 0.2) is 5.78 Å². The first-order valence-corrected chi connectivity index (χ1v) is 3.49. The second kappa shape index (κ2) is 5.57. The van der Waals surface area contributed by atoms with Crippen molar-refractivity contribution < 1.29 is 9.59 Å². The highest BCUT2D eigenvalue weighted by Crippen LogP contribution is 1.98. The van der Waals surface area contributed by atoms with Crippen molar-refractivity contribution in [1.29, 1.82) is 0 Å². The molecule has 0 aliphatic rings. The summed E-state index contributed by atoms with van der Waals surface area (Å²) in [5.41, 5.74) is 0. The Morgan fingerprint density at radius 1 is 1.73 bits per heavy atom. The highest BCUT2D eigenvalue weighted by atomic mass is 16.1. The molecule has 1 atom stereocenters. The van der Waals surface area contributed by atoms with Crippen LogP contribution in [0.5, 0.6) is 0 Å². The van der Waals surface area contributed by atoms with Crippen molar-refractivity contribution in [3.8, 4) is 0 Å². The zero-order valence-electron chi connectivity index (χ0n) is 6.70. The first-order valence-electron chi connectivity index (χ1n) is 3.49. The molecule has 0 rings (SSSR count). The first-order chi connectivity index (χ1) is 5.26. The molecule has 11 heavy (non-hydrogen) atoms. The van der Waals surface area contributed by atoms with Crippen LogP contribution in [0, 0.1) is 0 Å². The van der Waals surface area contributed by atoms with E-state index in [1.165, 1.54) is 12.2 Å². The summed E-state index contributed by atoms with van der Waals surface area (Å²) in [6, 6.07) is -0.538. The summed E-state index contributed by atoms with van der Waals surface area (Å²) in [5, 5.41) is 0. The number of rotatable bonds is 4. The Hall–Kier alpha value is -1.21. The van der Waals surface area contributed by atoms with Crippen LogP contribution in [0.1, 0.15) is 20.3 Å². The van der Waals surface area contributed by atoms with Gasteiger partial charge in [0.1, 0.15) is 6.04 Å². The molecule has 0 heterocycles. The number of hydrogen-bond donors (Lipinski definition) is 0. The summed E-state index contributed by atoms with van der Waals surface area (Å²) in [5.74, 6) is -0.140. The maximum Gasteiger partial charge on any atom is 0.235 e. The van der Waals surface area contributed by atoms with Gasteiger partial charge < -0.3 is 0 Å². The van der Waals surface area contributed by atoms with Gasteiger partial charge in [-0.05, 0) is 19.4 Å². The third-order valence-electron chi connectivity index (χ3n) is 1.25. The van der Waals surface area contributed by atoms with Gasteiger partial charge in [-0.15, -0.1) is 0 Å². The molecule has 0 saturated heterocycles. The van der Waals surface area contributed by atoms with Gasteiger partial charge in [-0.3, -0.25) is 4.79 Å². The lowest BCUT2D eigenvalue weighted by Crippen LogP contribution is -2.14. The normalized spacial score (nSPS) is 12.5. The lowest BCUT2D eigenvalue weighted by molar-refractivity contribution is -0.115. The maximum absolute atomic E-state index is 11.0. The van der Waals surface area contributed by atoms with Crippen LogP contribution in [-0.2, 0) is 9.59 Å². The topological polar surface area (TPSA) is 46.5 Å². The van der Waals surface area contributed by atoms with Gasteiger partial charge in [-0.25, -0.2) is 4.79 Å². The standard InChI is InChI=1S/C8H11NO2/c1-3-5-8(11)7(4-2)9-6-10/h3,5,7H,4H2,1-2H3. The minimum Gasteiger partial charge on any atom is -0.292 e. The van der Waals surface area contributed by atoms with E-state index < -0.39 is 6.04 Å². The largest absolute Gasteiger partial charge is 0.292 e. The SMILES string of the molecule is CC=CC(=O)C(CC)N=C=O. The third kappa shape index (κ3) is 3.48. The molecule has 0 aromatic carbocycles. The lowest BCUT2D eigenvalue weighted by Gasteiger charge is -2.00. The predicted molar refractivity (Wildman–Crippen MR) is 42.0 cm³/mol. The number of hydrogen-bond acceptors (Lipinski definition) is 3. The molecule has 0 saturated carbocycles. The monoisotopic (exact) mass is 153 g/mol. The molecule has 60 valence electrons. The molecule has 0 aliphatic heterocycles. The molecule has 3 heteroatoms. The summed E-state index contributed by atoms with van der Waals surface area (Å²) in [6.45, 7) is 3.54. The quantitative estimate of drug-likeness (QED) is 0.346. The summed E-state index contributed by atoms with van der Waals surface area (Å²) in [4.78, 5) is 24.2. The van der Waals surface area contributed by atoms with E-state index in [4.69, 9.17) is 0 Å². The van der Waals surface area contributed by atoms with Gasteiger partial charge in [0.2, 0.25) is 6.08 Å². The lowest BCUT2D eigenvalue weighted by atomic mass is 10.1. The van der Waals surface area contributed by atoms with Crippen molar-refractivity contribution in [2.24, 2.45) is 4.99 Å². The molecule has 0 aliphatic carbocycles. The van der Waals surface area contributed by atoms with Crippen LogP contribution in [0.25, 0.3) is 0 Å². The average Bonchev–Trinajstić information content (AvgIpc) is 2.00. The summed E-state index contributed by atoms with van der Waals surface area (Å²) in [7, 11) is 0. The summed E-state index contributed by atoms with van der Waals surface area (Å²) < 4.78 is 0. The van der Waals surface area contributed by atoms with Crippen LogP contribution < -0.4 is 0 Å². The zero-order valence-corrected chi connectivity index (χ0v) is 6.70. The Morgan fingerprint density at radius 2 is 2.36 bits per heavy atom. The van der Waals surface area contributed by atoms with Crippen LogP contribution in [0.15, 0.2) is 17.1 Å². The average molecular weight is 153 g/mol. The Labute approximate surface area is 65.8 Å². The van der Waals surface area contributed by atoms with E-state index in [9.17, 15) is 9.59 Å². The smallest absolute Gasteiger partial charge is 0.235 e. The van der Waals surface area contributed by atoms with Crippen molar-refractivity contribution in [1.82, 2.24) is 0 Å². The van der Waals surface area contributed by atoms with Crippen molar-refractivity contribution in [3.63, 3.8) is 0 Å². The predicted octanol–water partition coefficient (Wildman–Crippen LogP) is 1.25. The van der Waals surface area contributed by atoms with Gasteiger partial charge in [0, 0.05) is 0 Å². The van der Waals surface area contributed by atoms with Gasteiger partial charge in [0.05, 0.1) is 0 Å². The van der Waals surface area contributed by atoms with Crippen molar-refractivity contribution >= 4 is 11.9 Å². The number of carbonyl (C=O) groups excluding carboxylic acids is 2. The van der Waals surface area contributed by atoms with Crippen molar-refractivity contribution in [3.05, 3.63) is 12.2 Å². The van der Waals surface area contributed by atoms with Gasteiger partial charge in [-0.2, -0.15) is 4.99 Å². The molecule has 0 N–H and O–H groups in total. The Balaban J connectivity index is 4.25. The van der Waals surface area contributed by atoms with E-state index in [-0.39, 0.29) is 5.78 Å². The van der Waals surface area contributed by atoms with Crippen molar-refractivity contribution in [2.75, 3.05) is 0 Å². The zero-order chi connectivity index (χ0) is 8.69. The molecule has 0 aromatic rings. The number of aliphatic imine (C=N–C) groups is 1. The van der Waals surface area contributed by atoms with Crippen LogP contribution in [0.4, 0.5) is 0 Å². The van der Waals surface area contributed by atoms with Gasteiger partial charge in [-0.1, -0.05) is 13.0 Å². The summed E-state index contributed by atoms with van der Waals surface area (Å²) >= 11 is 0. The number of isocyanates is 1. The number of allylic oxidation sites excluding steroid dienone is 1. The van der Waals surface area contributed by atoms with Crippen LogP contribution in [0.3, 0.4) is 0 Å². The number of nitrogens with zero attached hydrogens (tertiary/aromatic N) is 1. The van der Waals surface area contributed by atoms with E-state index in [1.54, 1.807) is 19.9 Å². The van der Waals surface area contributed by atoms with Gasteiger partial charge >= 0.3 is 0 Å². The molecule has 0 fully saturated rings. The molecule has 0 aromatic heterocycles. The molecular weight excluding hydrogens is 142 g/mol. The van der Waals surface area contributed by atoms with E-state index in [1.807, 2.05) is 0 Å². The molecule has 3 nitrogen and oxygen atoms in total. The number of carbonyl (C=O) groups is 1. The van der Waals surface area contributed by atoms with Gasteiger partial charge in [0.25, 0.3) is 0 Å². The van der Waals surface area contributed by atoms with Crippen LogP contribution in [-0.4, -0.2) is 17.9 Å². The Bertz CT molecular complexity index is 202. The third-order valence-corrected chi connectivity index (χ3v) is 1.25.